The number of nitrogens with zero attached hydrogens (tertiary/aromatic N) is 1. The van der Waals surface area contributed by atoms with Crippen LogP contribution in [0, 0.1) is 17.3 Å². The quantitative estimate of drug-likeness (QED) is 0.356. The van der Waals surface area contributed by atoms with Crippen LogP contribution < -0.4 is 0 Å². The van der Waals surface area contributed by atoms with Crippen molar-refractivity contribution in [3.63, 3.8) is 0 Å². The Morgan fingerprint density at radius 2 is 1.83 bits per heavy atom. The fourth-order valence-corrected chi connectivity index (χ4v) is 1.34. The van der Waals surface area contributed by atoms with E-state index in [1.807, 2.05) is 58.0 Å². The van der Waals surface area contributed by atoms with Crippen LogP contribution >= 0.6 is 0 Å². The van der Waals surface area contributed by atoms with Crippen molar-refractivity contribution in [3.8, 4) is 11.8 Å². The van der Waals surface area contributed by atoms with Gasteiger partial charge in [-0.3, -0.25) is 0 Å². The van der Waals surface area contributed by atoms with Crippen molar-refractivity contribution >= 4 is 11.7 Å². The molecule has 0 radical (unpaired) electrons. The Morgan fingerprint density at radius 1 is 1.22 bits per heavy atom. The van der Waals surface area contributed by atoms with Crippen LogP contribution in [0.15, 0.2) is 35.5 Å². The maximum absolute atomic E-state index is 11.0. The Balaban J connectivity index is 0.00000232. The van der Waals surface area contributed by atoms with Crippen LogP contribution in [0.5, 0.6) is 0 Å². The van der Waals surface area contributed by atoms with E-state index in [-0.39, 0.29) is 12.0 Å². The van der Waals surface area contributed by atoms with E-state index in [1.165, 1.54) is 7.11 Å². The number of oxime groups is 1. The molecule has 0 saturated heterocycles. The van der Waals surface area contributed by atoms with Crippen LogP contribution in [0.2, 0.25) is 0 Å². The molecule has 0 unspecified atom stereocenters. The number of rotatable bonds is 5. The highest BCUT2D eigenvalue weighted by Crippen LogP contribution is 2.22. The van der Waals surface area contributed by atoms with E-state index < -0.39 is 5.97 Å². The highest BCUT2D eigenvalue weighted by molar-refractivity contribution is 6.04. The molecule has 0 bridgehead atoms. The molecule has 0 heterocycles. The minimum Gasteiger partial charge on any atom is -0.466 e. The van der Waals surface area contributed by atoms with Crippen molar-refractivity contribution in [1.29, 1.82) is 0 Å². The van der Waals surface area contributed by atoms with Gasteiger partial charge in [-0.15, -0.1) is 0 Å². The number of esters is 1. The molecule has 0 atom stereocenters. The number of benzene rings is 1. The van der Waals surface area contributed by atoms with E-state index in [2.05, 4.69) is 28.7 Å². The lowest BCUT2D eigenvalue weighted by atomic mass is 9.85. The molecule has 0 aliphatic rings. The van der Waals surface area contributed by atoms with Gasteiger partial charge in [0.05, 0.1) is 7.11 Å². The number of carbonyl (C=O) groups is 1. The third-order valence-electron chi connectivity index (χ3n) is 3.19. The molecule has 0 aromatic heterocycles. The average molecular weight is 317 g/mol. The molecule has 1 aromatic carbocycles. The Kier molecular flexibility index (Phi) is 10.2. The van der Waals surface area contributed by atoms with Crippen LogP contribution in [0.25, 0.3) is 0 Å². The number of ether oxygens (including phenoxy) is 1. The topological polar surface area (TPSA) is 47.9 Å². The summed E-state index contributed by atoms with van der Waals surface area (Å²) in [5.41, 5.74) is 1.29. The van der Waals surface area contributed by atoms with E-state index >= 15 is 0 Å². The van der Waals surface area contributed by atoms with E-state index in [4.69, 9.17) is 4.84 Å². The summed E-state index contributed by atoms with van der Waals surface area (Å²) >= 11 is 0. The molecule has 0 amide bonds. The predicted molar refractivity (Wildman–Crippen MR) is 94.1 cm³/mol. The fourth-order valence-electron chi connectivity index (χ4n) is 1.34. The summed E-state index contributed by atoms with van der Waals surface area (Å²) in [6, 6.07) is 9.66. The zero-order chi connectivity index (χ0) is 17.7. The van der Waals surface area contributed by atoms with Crippen molar-refractivity contribution in [1.82, 2.24) is 0 Å². The van der Waals surface area contributed by atoms with E-state index in [1.54, 1.807) is 0 Å². The summed E-state index contributed by atoms with van der Waals surface area (Å²) in [6.45, 7) is 9.91. The standard InChI is InChI=1S/C17H21NO3.C2H6/c1-5-17(2,3)15(18-21-13-16(19)20-4)12-11-14-9-7-6-8-10-14;1-2/h6-10H,5,13H2,1-4H3;1-2H3/b18-15+;. The number of hydrogen-bond donors (Lipinski definition) is 0. The van der Waals surface area contributed by atoms with Gasteiger partial charge < -0.3 is 9.57 Å². The molecule has 0 aliphatic carbocycles. The Bertz CT molecular complexity index is 551. The highest BCUT2D eigenvalue weighted by Gasteiger charge is 2.22. The van der Waals surface area contributed by atoms with E-state index in [0.717, 1.165) is 12.0 Å². The summed E-state index contributed by atoms with van der Waals surface area (Å²) in [7, 11) is 1.31. The molecule has 0 fully saturated rings. The van der Waals surface area contributed by atoms with Crippen LogP contribution in [-0.2, 0) is 14.4 Å². The number of hydrogen-bond acceptors (Lipinski definition) is 4. The Morgan fingerprint density at radius 3 is 2.35 bits per heavy atom. The maximum Gasteiger partial charge on any atom is 0.346 e. The first-order valence-corrected chi connectivity index (χ1v) is 7.84. The third kappa shape index (κ3) is 8.06. The first kappa shape index (κ1) is 20.7. The molecule has 0 saturated carbocycles. The number of methoxy groups -OCH3 is 1. The van der Waals surface area contributed by atoms with Gasteiger partial charge in [-0.1, -0.05) is 63.9 Å². The molecule has 4 nitrogen and oxygen atoms in total. The molecular formula is C19H27NO3. The smallest absolute Gasteiger partial charge is 0.346 e. The van der Waals surface area contributed by atoms with Gasteiger partial charge in [-0.2, -0.15) is 0 Å². The largest absolute Gasteiger partial charge is 0.466 e. The van der Waals surface area contributed by atoms with Crippen LogP contribution in [0.1, 0.15) is 46.6 Å². The fraction of sp³-hybridized carbons (Fsp3) is 0.474. The van der Waals surface area contributed by atoms with Crippen molar-refractivity contribution < 1.29 is 14.4 Å². The molecule has 4 heteroatoms. The van der Waals surface area contributed by atoms with Crippen molar-refractivity contribution in [2.24, 2.45) is 10.6 Å². The molecule has 1 rings (SSSR count). The first-order valence-electron chi connectivity index (χ1n) is 7.84. The monoisotopic (exact) mass is 317 g/mol. The SMILES string of the molecule is CC.CCC(C)(C)/C(C#Cc1ccccc1)=N/OCC(=O)OC. The zero-order valence-corrected chi connectivity index (χ0v) is 15.0. The first-order chi connectivity index (χ1) is 11.0. The van der Waals surface area contributed by atoms with Gasteiger partial charge in [-0.05, 0) is 24.5 Å². The molecule has 0 spiro atoms. The Hall–Kier alpha value is -2.28. The van der Waals surface area contributed by atoms with Gasteiger partial charge in [0.25, 0.3) is 0 Å². The summed E-state index contributed by atoms with van der Waals surface area (Å²) in [4.78, 5) is 16.1. The highest BCUT2D eigenvalue weighted by atomic mass is 16.6. The van der Waals surface area contributed by atoms with E-state index in [9.17, 15) is 4.79 Å². The second-order valence-corrected chi connectivity index (χ2v) is 5.14. The summed E-state index contributed by atoms with van der Waals surface area (Å²) in [5.74, 6) is 5.63. The van der Waals surface area contributed by atoms with Crippen LogP contribution in [0.3, 0.4) is 0 Å². The zero-order valence-electron chi connectivity index (χ0n) is 15.0. The molecule has 1 aromatic rings. The molecule has 0 aliphatic heterocycles. The number of carbonyl (C=O) groups excluding carboxylic acids is 1. The van der Waals surface area contributed by atoms with Gasteiger partial charge in [-0.25, -0.2) is 4.79 Å². The van der Waals surface area contributed by atoms with Crippen molar-refractivity contribution in [2.75, 3.05) is 13.7 Å². The predicted octanol–water partition coefficient (Wildman–Crippen LogP) is 4.05. The summed E-state index contributed by atoms with van der Waals surface area (Å²) in [5, 5.41) is 4.01. The second-order valence-electron chi connectivity index (χ2n) is 5.14. The Labute approximate surface area is 139 Å². The molecule has 23 heavy (non-hydrogen) atoms. The van der Waals surface area contributed by atoms with Gasteiger partial charge in [0.2, 0.25) is 6.61 Å². The van der Waals surface area contributed by atoms with Gasteiger partial charge in [0, 0.05) is 11.0 Å². The van der Waals surface area contributed by atoms with Crippen LogP contribution in [0.4, 0.5) is 0 Å². The minimum atomic E-state index is -0.469. The van der Waals surface area contributed by atoms with Crippen molar-refractivity contribution in [2.45, 2.75) is 41.0 Å². The second kappa shape index (κ2) is 11.3. The lowest BCUT2D eigenvalue weighted by Gasteiger charge is -2.20. The molecule has 0 N–H and O–H groups in total. The van der Waals surface area contributed by atoms with Crippen molar-refractivity contribution in [3.05, 3.63) is 35.9 Å². The van der Waals surface area contributed by atoms with Gasteiger partial charge >= 0.3 is 5.97 Å². The minimum absolute atomic E-state index is 0.215. The normalized spacial score (nSPS) is 10.6. The lowest BCUT2D eigenvalue weighted by Crippen LogP contribution is -2.23. The average Bonchev–Trinajstić information content (AvgIpc) is 2.60. The summed E-state index contributed by atoms with van der Waals surface area (Å²) in [6.07, 6.45) is 0.858. The van der Waals surface area contributed by atoms with E-state index in [0.29, 0.717) is 5.71 Å². The van der Waals surface area contributed by atoms with Crippen LogP contribution in [-0.4, -0.2) is 25.4 Å². The third-order valence-corrected chi connectivity index (χ3v) is 3.19. The van der Waals surface area contributed by atoms with Gasteiger partial charge in [0.1, 0.15) is 5.71 Å². The lowest BCUT2D eigenvalue weighted by molar-refractivity contribution is -0.145. The molecule has 126 valence electrons. The maximum atomic E-state index is 11.0. The van der Waals surface area contributed by atoms with Gasteiger partial charge in [0.15, 0.2) is 0 Å². The summed E-state index contributed by atoms with van der Waals surface area (Å²) < 4.78 is 4.50. The molecular weight excluding hydrogens is 290 g/mol.